The number of carbonyl (C=O) groups excluding carboxylic acids is 3. The van der Waals surface area contributed by atoms with Crippen molar-refractivity contribution in [3.8, 4) is 0 Å². The van der Waals surface area contributed by atoms with Crippen LogP contribution in [0.1, 0.15) is 18.1 Å². The molecule has 1 fully saturated rings. The molecule has 138 valence electrons. The zero-order valence-electron chi connectivity index (χ0n) is 15.5. The van der Waals surface area contributed by atoms with E-state index < -0.39 is 17.8 Å². The fraction of sp³-hybridized carbons (Fsp3) is 0.190. The highest BCUT2D eigenvalue weighted by molar-refractivity contribution is 6.39. The van der Waals surface area contributed by atoms with Gasteiger partial charge in [-0.2, -0.15) is 0 Å². The SMILES string of the molecule is CCN(C)c1ccc(/C=C2\C(=O)NC(=O)N(c3ccc(C)cc3)C2=O)cc1. The van der Waals surface area contributed by atoms with Crippen molar-refractivity contribution >= 4 is 35.3 Å². The predicted molar refractivity (Wildman–Crippen MR) is 106 cm³/mol. The van der Waals surface area contributed by atoms with Crippen LogP contribution in [0.15, 0.2) is 54.1 Å². The van der Waals surface area contributed by atoms with E-state index in [1.54, 1.807) is 24.3 Å². The number of benzene rings is 2. The van der Waals surface area contributed by atoms with Crippen LogP contribution in [0.5, 0.6) is 0 Å². The maximum Gasteiger partial charge on any atom is 0.335 e. The van der Waals surface area contributed by atoms with Crippen LogP contribution in [0.25, 0.3) is 6.08 Å². The molecule has 1 N–H and O–H groups in total. The van der Waals surface area contributed by atoms with Crippen molar-refractivity contribution in [2.24, 2.45) is 0 Å². The standard InChI is InChI=1S/C21H21N3O3/c1-4-23(3)16-11-7-15(8-12-16)13-18-19(25)22-21(27)24(20(18)26)17-9-5-14(2)6-10-17/h5-13H,4H2,1-3H3,(H,22,25,27)/b18-13+. The maximum atomic E-state index is 12.8. The number of nitrogens with one attached hydrogen (secondary N) is 1. The Hall–Kier alpha value is -3.41. The molecule has 1 aliphatic heterocycles. The Morgan fingerprint density at radius 1 is 1.00 bits per heavy atom. The van der Waals surface area contributed by atoms with Gasteiger partial charge < -0.3 is 4.90 Å². The van der Waals surface area contributed by atoms with Gasteiger partial charge in [0.25, 0.3) is 11.8 Å². The molecule has 4 amide bonds. The Kier molecular flexibility index (Phi) is 5.07. The Morgan fingerprint density at radius 2 is 1.63 bits per heavy atom. The van der Waals surface area contributed by atoms with Crippen molar-refractivity contribution < 1.29 is 14.4 Å². The van der Waals surface area contributed by atoms with E-state index in [2.05, 4.69) is 17.1 Å². The third-order valence-electron chi connectivity index (χ3n) is 4.51. The van der Waals surface area contributed by atoms with E-state index in [-0.39, 0.29) is 5.57 Å². The van der Waals surface area contributed by atoms with Crippen LogP contribution in [0.3, 0.4) is 0 Å². The lowest BCUT2D eigenvalue weighted by atomic mass is 10.1. The summed E-state index contributed by atoms with van der Waals surface area (Å²) in [5.41, 5.74) is 3.09. The third kappa shape index (κ3) is 3.74. The number of imide groups is 2. The van der Waals surface area contributed by atoms with Crippen LogP contribution >= 0.6 is 0 Å². The fourth-order valence-electron chi connectivity index (χ4n) is 2.76. The molecule has 1 heterocycles. The summed E-state index contributed by atoms with van der Waals surface area (Å²) >= 11 is 0. The zero-order valence-corrected chi connectivity index (χ0v) is 15.5. The molecule has 1 saturated heterocycles. The van der Waals surface area contributed by atoms with E-state index in [0.29, 0.717) is 11.3 Å². The van der Waals surface area contributed by atoms with Gasteiger partial charge in [-0.3, -0.25) is 14.9 Å². The molecule has 27 heavy (non-hydrogen) atoms. The summed E-state index contributed by atoms with van der Waals surface area (Å²) in [5.74, 6) is -1.33. The van der Waals surface area contributed by atoms with Gasteiger partial charge in [0.2, 0.25) is 0 Å². The first kappa shape index (κ1) is 18.4. The Labute approximate surface area is 158 Å². The first-order chi connectivity index (χ1) is 12.9. The number of hydrogen-bond donors (Lipinski definition) is 1. The summed E-state index contributed by atoms with van der Waals surface area (Å²) in [7, 11) is 1.98. The summed E-state index contributed by atoms with van der Waals surface area (Å²) in [4.78, 5) is 40.3. The van der Waals surface area contributed by atoms with E-state index in [9.17, 15) is 14.4 Å². The summed E-state index contributed by atoms with van der Waals surface area (Å²) in [5, 5.41) is 2.23. The van der Waals surface area contributed by atoms with Crippen LogP contribution < -0.4 is 15.1 Å². The fourth-order valence-corrected chi connectivity index (χ4v) is 2.76. The summed E-state index contributed by atoms with van der Waals surface area (Å²) in [6, 6.07) is 13.7. The first-order valence-corrected chi connectivity index (χ1v) is 8.70. The molecule has 0 bridgehead atoms. The molecule has 2 aromatic rings. The first-order valence-electron chi connectivity index (χ1n) is 8.70. The van der Waals surface area contributed by atoms with Crippen LogP contribution in [0, 0.1) is 6.92 Å². The van der Waals surface area contributed by atoms with Gasteiger partial charge in [-0.15, -0.1) is 0 Å². The lowest BCUT2D eigenvalue weighted by Crippen LogP contribution is -2.54. The predicted octanol–water partition coefficient (Wildman–Crippen LogP) is 3.12. The highest BCUT2D eigenvalue weighted by Crippen LogP contribution is 2.23. The van der Waals surface area contributed by atoms with Crippen molar-refractivity contribution in [3.05, 3.63) is 65.2 Å². The van der Waals surface area contributed by atoms with Gasteiger partial charge in [-0.05, 0) is 49.8 Å². The number of barbiturate groups is 1. The van der Waals surface area contributed by atoms with Crippen molar-refractivity contribution in [1.82, 2.24) is 5.32 Å². The average Bonchev–Trinajstić information content (AvgIpc) is 2.66. The Morgan fingerprint density at radius 3 is 2.22 bits per heavy atom. The van der Waals surface area contributed by atoms with E-state index >= 15 is 0 Å². The van der Waals surface area contributed by atoms with Crippen LogP contribution in [-0.2, 0) is 9.59 Å². The minimum absolute atomic E-state index is 0.0771. The van der Waals surface area contributed by atoms with Crippen LogP contribution in [-0.4, -0.2) is 31.4 Å². The molecule has 1 aliphatic rings. The monoisotopic (exact) mass is 363 g/mol. The number of hydrogen-bond acceptors (Lipinski definition) is 4. The van der Waals surface area contributed by atoms with Crippen molar-refractivity contribution in [3.63, 3.8) is 0 Å². The molecular formula is C21H21N3O3. The smallest absolute Gasteiger partial charge is 0.335 e. The molecule has 0 saturated carbocycles. The van der Waals surface area contributed by atoms with Crippen molar-refractivity contribution in [2.75, 3.05) is 23.4 Å². The van der Waals surface area contributed by atoms with Gasteiger partial charge in [0.05, 0.1) is 5.69 Å². The van der Waals surface area contributed by atoms with E-state index in [0.717, 1.165) is 22.7 Å². The van der Waals surface area contributed by atoms with E-state index in [1.165, 1.54) is 6.08 Å². The number of urea groups is 1. The Bertz CT molecular complexity index is 915. The second-order valence-electron chi connectivity index (χ2n) is 6.40. The number of carbonyl (C=O) groups is 3. The van der Waals surface area contributed by atoms with Gasteiger partial charge in [-0.25, -0.2) is 9.69 Å². The number of anilines is 2. The lowest BCUT2D eigenvalue weighted by Gasteiger charge is -2.26. The Balaban J connectivity index is 1.93. The normalized spacial score (nSPS) is 15.9. The van der Waals surface area contributed by atoms with Crippen LogP contribution in [0.2, 0.25) is 0 Å². The molecule has 0 aliphatic carbocycles. The number of rotatable bonds is 4. The topological polar surface area (TPSA) is 69.7 Å². The van der Waals surface area contributed by atoms with Gasteiger partial charge in [-0.1, -0.05) is 29.8 Å². The quantitative estimate of drug-likeness (QED) is 0.669. The maximum absolute atomic E-state index is 12.8. The van der Waals surface area contributed by atoms with E-state index in [1.807, 2.05) is 38.2 Å². The summed E-state index contributed by atoms with van der Waals surface area (Å²) in [6.07, 6.45) is 1.50. The lowest BCUT2D eigenvalue weighted by molar-refractivity contribution is -0.122. The van der Waals surface area contributed by atoms with Gasteiger partial charge in [0, 0.05) is 19.3 Å². The van der Waals surface area contributed by atoms with E-state index in [4.69, 9.17) is 0 Å². The number of amides is 4. The molecule has 6 nitrogen and oxygen atoms in total. The second-order valence-corrected chi connectivity index (χ2v) is 6.40. The highest BCUT2D eigenvalue weighted by Gasteiger charge is 2.36. The van der Waals surface area contributed by atoms with Gasteiger partial charge in [0.15, 0.2) is 0 Å². The molecule has 2 aromatic carbocycles. The molecule has 0 unspecified atom stereocenters. The molecule has 0 radical (unpaired) electrons. The van der Waals surface area contributed by atoms with Crippen molar-refractivity contribution in [2.45, 2.75) is 13.8 Å². The minimum Gasteiger partial charge on any atom is -0.375 e. The molecule has 0 aromatic heterocycles. The molecule has 3 rings (SSSR count). The molecule has 0 atom stereocenters. The second kappa shape index (κ2) is 7.45. The van der Waals surface area contributed by atoms with Crippen LogP contribution in [0.4, 0.5) is 16.2 Å². The third-order valence-corrected chi connectivity index (χ3v) is 4.51. The zero-order chi connectivity index (χ0) is 19.6. The number of nitrogens with zero attached hydrogens (tertiary/aromatic N) is 2. The summed E-state index contributed by atoms with van der Waals surface area (Å²) in [6.45, 7) is 4.84. The minimum atomic E-state index is -0.745. The highest BCUT2D eigenvalue weighted by atomic mass is 16.2. The molecule has 6 heteroatoms. The summed E-state index contributed by atoms with van der Waals surface area (Å²) < 4.78 is 0. The van der Waals surface area contributed by atoms with Gasteiger partial charge in [0.1, 0.15) is 5.57 Å². The number of aryl methyl sites for hydroxylation is 1. The van der Waals surface area contributed by atoms with Crippen molar-refractivity contribution in [1.29, 1.82) is 0 Å². The average molecular weight is 363 g/mol. The van der Waals surface area contributed by atoms with Gasteiger partial charge >= 0.3 is 6.03 Å². The molecular weight excluding hydrogens is 342 g/mol. The molecule has 0 spiro atoms. The largest absolute Gasteiger partial charge is 0.375 e.